The van der Waals surface area contributed by atoms with Crippen molar-refractivity contribution >= 4 is 50.3 Å². The number of nitro benzene ring substituents is 1. The van der Waals surface area contributed by atoms with Gasteiger partial charge in [0.2, 0.25) is 0 Å². The van der Waals surface area contributed by atoms with E-state index < -0.39 is 4.92 Å². The Hall–Kier alpha value is -1.79. The molecule has 0 bridgehead atoms. The van der Waals surface area contributed by atoms with Crippen LogP contribution in [0.3, 0.4) is 0 Å². The number of benzene rings is 2. The molecule has 0 amide bonds. The molecule has 0 aliphatic heterocycles. The fourth-order valence-electron chi connectivity index (χ4n) is 1.84. The Kier molecular flexibility index (Phi) is 5.03. The molecule has 0 heterocycles. The van der Waals surface area contributed by atoms with Crippen LogP contribution in [-0.2, 0) is 0 Å². The molecule has 2 N–H and O–H groups in total. The van der Waals surface area contributed by atoms with Gasteiger partial charge in [0.25, 0.3) is 5.69 Å². The van der Waals surface area contributed by atoms with Crippen molar-refractivity contribution in [3.8, 4) is 0 Å². The van der Waals surface area contributed by atoms with Crippen LogP contribution in [-0.4, -0.2) is 11.5 Å². The molecule has 0 fully saturated rings. The first-order valence-corrected chi connectivity index (χ1v) is 7.42. The molecule has 21 heavy (non-hydrogen) atoms. The van der Waals surface area contributed by atoms with Gasteiger partial charge in [-0.1, -0.05) is 11.6 Å². The number of non-ortho nitro benzene ring substituents is 1. The van der Waals surface area contributed by atoms with Crippen LogP contribution in [0.4, 0.5) is 22.7 Å². The van der Waals surface area contributed by atoms with Crippen molar-refractivity contribution in [1.82, 2.24) is 0 Å². The highest BCUT2D eigenvalue weighted by atomic mass is 79.9. The molecule has 2 rings (SSSR count). The lowest BCUT2D eigenvalue weighted by Gasteiger charge is -2.10. The van der Waals surface area contributed by atoms with E-state index in [9.17, 15) is 10.1 Å². The van der Waals surface area contributed by atoms with Gasteiger partial charge in [-0.05, 0) is 47.1 Å². The quantitative estimate of drug-likeness (QED) is 0.561. The summed E-state index contributed by atoms with van der Waals surface area (Å²) in [5, 5.41) is 17.8. The minimum atomic E-state index is -0.413. The molecule has 0 aromatic heterocycles. The Labute approximate surface area is 135 Å². The van der Waals surface area contributed by atoms with Crippen LogP contribution in [0.25, 0.3) is 0 Å². The summed E-state index contributed by atoms with van der Waals surface area (Å²) in [5.41, 5.74) is 2.15. The first-order chi connectivity index (χ1) is 9.99. The topological polar surface area (TPSA) is 67.2 Å². The summed E-state index contributed by atoms with van der Waals surface area (Å²) in [7, 11) is 0. The second kappa shape index (κ2) is 6.78. The van der Waals surface area contributed by atoms with Crippen molar-refractivity contribution in [2.75, 3.05) is 17.2 Å². The number of nitrogens with zero attached hydrogens (tertiary/aromatic N) is 1. The third-order valence-corrected chi connectivity index (χ3v) is 3.93. The Bertz CT molecular complexity index is 679. The number of hydrogen-bond donors (Lipinski definition) is 2. The van der Waals surface area contributed by atoms with Gasteiger partial charge in [0.1, 0.15) is 0 Å². The number of hydrogen-bond acceptors (Lipinski definition) is 4. The van der Waals surface area contributed by atoms with Gasteiger partial charge in [-0.2, -0.15) is 0 Å². The van der Waals surface area contributed by atoms with Crippen molar-refractivity contribution < 1.29 is 4.92 Å². The molecule has 2 aromatic rings. The normalized spacial score (nSPS) is 10.2. The monoisotopic (exact) mass is 369 g/mol. The number of nitro groups is 1. The van der Waals surface area contributed by atoms with E-state index in [2.05, 4.69) is 26.6 Å². The Morgan fingerprint density at radius 2 is 1.90 bits per heavy atom. The molecule has 5 nitrogen and oxygen atoms in total. The molecule has 0 radical (unpaired) electrons. The van der Waals surface area contributed by atoms with Crippen molar-refractivity contribution in [3.63, 3.8) is 0 Å². The highest BCUT2D eigenvalue weighted by Crippen LogP contribution is 2.30. The summed E-state index contributed by atoms with van der Waals surface area (Å²) in [5.74, 6) is 0. The van der Waals surface area contributed by atoms with Crippen molar-refractivity contribution in [3.05, 3.63) is 56.0 Å². The molecular weight excluding hydrogens is 358 g/mol. The van der Waals surface area contributed by atoms with Crippen molar-refractivity contribution in [1.29, 1.82) is 0 Å². The predicted molar refractivity (Wildman–Crippen MR) is 89.7 cm³/mol. The molecule has 0 aliphatic carbocycles. The lowest BCUT2D eigenvalue weighted by Crippen LogP contribution is -2.00. The van der Waals surface area contributed by atoms with E-state index >= 15 is 0 Å². The highest BCUT2D eigenvalue weighted by molar-refractivity contribution is 9.10. The third kappa shape index (κ3) is 4.09. The second-order valence-electron chi connectivity index (χ2n) is 4.31. The van der Waals surface area contributed by atoms with Gasteiger partial charge >= 0.3 is 0 Å². The van der Waals surface area contributed by atoms with Crippen LogP contribution < -0.4 is 10.6 Å². The fourth-order valence-corrected chi connectivity index (χ4v) is 2.33. The molecule has 0 unspecified atom stereocenters. The van der Waals surface area contributed by atoms with Crippen LogP contribution >= 0.6 is 27.5 Å². The molecule has 7 heteroatoms. The lowest BCUT2D eigenvalue weighted by molar-refractivity contribution is -0.384. The average molecular weight is 371 g/mol. The minimum Gasteiger partial charge on any atom is -0.385 e. The number of halogens is 2. The zero-order chi connectivity index (χ0) is 15.4. The van der Waals surface area contributed by atoms with Crippen LogP contribution in [0.2, 0.25) is 5.02 Å². The van der Waals surface area contributed by atoms with Gasteiger partial charge in [0.05, 0.1) is 9.95 Å². The van der Waals surface area contributed by atoms with Gasteiger partial charge in [0, 0.05) is 40.2 Å². The zero-order valence-electron chi connectivity index (χ0n) is 11.2. The van der Waals surface area contributed by atoms with E-state index in [0.717, 1.165) is 10.2 Å². The third-order valence-electron chi connectivity index (χ3n) is 2.72. The smallest absolute Gasteiger partial charge is 0.273 e. The molecule has 110 valence electrons. The van der Waals surface area contributed by atoms with Gasteiger partial charge in [-0.3, -0.25) is 10.1 Å². The van der Waals surface area contributed by atoms with Crippen molar-refractivity contribution in [2.24, 2.45) is 0 Å². The van der Waals surface area contributed by atoms with Crippen LogP contribution in [0, 0.1) is 10.1 Å². The first kappa shape index (κ1) is 15.6. The largest absolute Gasteiger partial charge is 0.385 e. The van der Waals surface area contributed by atoms with E-state index in [0.29, 0.717) is 22.9 Å². The summed E-state index contributed by atoms with van der Waals surface area (Å²) in [6.45, 7) is 2.62. The van der Waals surface area contributed by atoms with Gasteiger partial charge in [0.15, 0.2) is 0 Å². The summed E-state index contributed by atoms with van der Waals surface area (Å²) in [4.78, 5) is 10.6. The lowest BCUT2D eigenvalue weighted by atomic mass is 10.2. The number of nitrogens with one attached hydrogen (secondary N) is 2. The predicted octanol–water partition coefficient (Wildman–Crippen LogP) is 5.19. The fraction of sp³-hybridized carbons (Fsp3) is 0.143. The van der Waals surface area contributed by atoms with Crippen LogP contribution in [0.1, 0.15) is 6.92 Å². The Balaban J connectivity index is 2.33. The van der Waals surface area contributed by atoms with E-state index in [4.69, 9.17) is 11.6 Å². The molecule has 2 aromatic carbocycles. The molecule has 0 saturated carbocycles. The number of rotatable bonds is 5. The van der Waals surface area contributed by atoms with Gasteiger partial charge < -0.3 is 10.6 Å². The Morgan fingerprint density at radius 3 is 2.52 bits per heavy atom. The van der Waals surface area contributed by atoms with E-state index in [1.807, 2.05) is 19.1 Å². The summed E-state index contributed by atoms with van der Waals surface area (Å²) < 4.78 is 0.756. The minimum absolute atomic E-state index is 0.0315. The summed E-state index contributed by atoms with van der Waals surface area (Å²) >= 11 is 9.29. The summed E-state index contributed by atoms with van der Waals surface area (Å²) in [6.07, 6.45) is 0. The van der Waals surface area contributed by atoms with E-state index in [1.54, 1.807) is 12.1 Å². The van der Waals surface area contributed by atoms with Crippen molar-refractivity contribution in [2.45, 2.75) is 6.92 Å². The molecular formula is C14H13BrClN3O2. The Morgan fingerprint density at radius 1 is 1.19 bits per heavy atom. The molecule has 0 spiro atoms. The first-order valence-electron chi connectivity index (χ1n) is 6.25. The highest BCUT2D eigenvalue weighted by Gasteiger charge is 2.10. The SMILES string of the molecule is CCNc1cc(Nc2ccc(Cl)c(Br)c2)cc([N+](=O)[O-])c1. The molecule has 0 atom stereocenters. The maximum Gasteiger partial charge on any atom is 0.273 e. The van der Waals surface area contributed by atoms with Gasteiger partial charge in [-0.25, -0.2) is 0 Å². The van der Waals surface area contributed by atoms with E-state index in [1.165, 1.54) is 12.1 Å². The van der Waals surface area contributed by atoms with E-state index in [-0.39, 0.29) is 5.69 Å². The zero-order valence-corrected chi connectivity index (χ0v) is 13.5. The summed E-state index contributed by atoms with van der Waals surface area (Å²) in [6, 6.07) is 10.2. The maximum absolute atomic E-state index is 11.0. The average Bonchev–Trinajstić information content (AvgIpc) is 2.43. The number of anilines is 3. The standard InChI is InChI=1S/C14H13BrClN3O2/c1-2-17-10-5-11(7-12(6-10)19(20)21)18-9-3-4-14(16)13(15)8-9/h3-8,17-18H,2H2,1H3. The van der Waals surface area contributed by atoms with Crippen LogP contribution in [0.15, 0.2) is 40.9 Å². The molecule has 0 aliphatic rings. The molecule has 0 saturated heterocycles. The van der Waals surface area contributed by atoms with Crippen LogP contribution in [0.5, 0.6) is 0 Å². The second-order valence-corrected chi connectivity index (χ2v) is 5.57. The van der Waals surface area contributed by atoms with Gasteiger partial charge in [-0.15, -0.1) is 0 Å². The maximum atomic E-state index is 11.0.